The molecule has 0 heterocycles. The predicted octanol–water partition coefficient (Wildman–Crippen LogP) is 1.47. The molecule has 0 radical (unpaired) electrons. The van der Waals surface area contributed by atoms with Gasteiger partial charge in [0, 0.05) is 12.2 Å². The molecule has 1 amide bonds. The number of carbonyl (C=O) groups is 1. The van der Waals surface area contributed by atoms with E-state index in [2.05, 4.69) is 5.32 Å². The van der Waals surface area contributed by atoms with Gasteiger partial charge >= 0.3 is 6.09 Å². The minimum absolute atomic E-state index is 0.146. The van der Waals surface area contributed by atoms with Crippen LogP contribution in [0.15, 0.2) is 12.1 Å². The summed E-state index contributed by atoms with van der Waals surface area (Å²) in [5.41, 5.74) is 3.67. The molecule has 1 rings (SSSR count). The molecule has 8 heteroatoms. The highest BCUT2D eigenvalue weighted by Gasteiger charge is 2.26. The van der Waals surface area contributed by atoms with Crippen molar-refractivity contribution in [3.63, 3.8) is 0 Å². The van der Waals surface area contributed by atoms with Crippen LogP contribution in [-0.4, -0.2) is 34.6 Å². The van der Waals surface area contributed by atoms with Gasteiger partial charge in [-0.1, -0.05) is 0 Å². The van der Waals surface area contributed by atoms with E-state index in [1.807, 2.05) is 0 Å². The number of hydrogen-bond acceptors (Lipinski definition) is 5. The van der Waals surface area contributed by atoms with E-state index in [4.69, 9.17) is 10.5 Å². The number of benzene rings is 1. The zero-order valence-electron chi connectivity index (χ0n) is 12.6. The molecule has 1 aromatic carbocycles. The summed E-state index contributed by atoms with van der Waals surface area (Å²) in [6.45, 7) is 4.50. The Kier molecular flexibility index (Phi) is 5.67. The lowest BCUT2D eigenvalue weighted by Crippen LogP contribution is -2.39. The Morgan fingerprint density at radius 3 is 2.27 bits per heavy atom. The maximum absolute atomic E-state index is 13.6. The number of anilines is 1. The maximum Gasteiger partial charge on any atom is 0.407 e. The maximum atomic E-state index is 13.6. The third-order valence-corrected chi connectivity index (χ3v) is 2.62. The van der Waals surface area contributed by atoms with Gasteiger partial charge in [-0.05, 0) is 32.9 Å². The van der Waals surface area contributed by atoms with E-state index >= 15 is 0 Å². The first-order valence-corrected chi connectivity index (χ1v) is 6.58. The highest BCUT2D eigenvalue weighted by molar-refractivity contribution is 5.67. The fraction of sp³-hybridized carbons (Fsp3) is 0.500. The number of carbonyl (C=O) groups excluding carboxylic acids is 1. The highest BCUT2D eigenvalue weighted by Crippen LogP contribution is 2.25. The predicted molar refractivity (Wildman–Crippen MR) is 76.0 cm³/mol. The Hall–Kier alpha value is -1.93. The van der Waals surface area contributed by atoms with Crippen molar-refractivity contribution in [2.24, 2.45) is 0 Å². The highest BCUT2D eigenvalue weighted by atomic mass is 19.1. The van der Waals surface area contributed by atoms with Gasteiger partial charge in [0.1, 0.15) is 29.4 Å². The second-order valence-electron chi connectivity index (χ2n) is 5.79. The summed E-state index contributed by atoms with van der Waals surface area (Å²) in [6, 6.07) is 1.66. The van der Waals surface area contributed by atoms with Crippen molar-refractivity contribution < 1.29 is 28.5 Å². The van der Waals surface area contributed by atoms with Gasteiger partial charge in [-0.25, -0.2) is 13.6 Å². The zero-order chi connectivity index (χ0) is 17.1. The Morgan fingerprint density at radius 1 is 1.32 bits per heavy atom. The van der Waals surface area contributed by atoms with Crippen LogP contribution in [0.1, 0.15) is 32.4 Å². The van der Waals surface area contributed by atoms with Gasteiger partial charge in [0.25, 0.3) is 0 Å². The fourth-order valence-electron chi connectivity index (χ4n) is 1.69. The van der Waals surface area contributed by atoms with E-state index in [9.17, 15) is 23.8 Å². The number of hydrogen-bond donors (Lipinski definition) is 4. The quantitative estimate of drug-likeness (QED) is 0.629. The summed E-state index contributed by atoms with van der Waals surface area (Å²) in [7, 11) is 0. The summed E-state index contributed by atoms with van der Waals surface area (Å²) >= 11 is 0. The van der Waals surface area contributed by atoms with Crippen molar-refractivity contribution >= 4 is 11.8 Å². The van der Waals surface area contributed by atoms with E-state index in [0.29, 0.717) is 0 Å². The molecule has 0 bridgehead atoms. The number of amides is 1. The standard InChI is InChI=1S/C14H20F2N2O4/c1-14(2,3)22-13(21)18-6-10(19)12(20)11-8(15)4-7(17)5-9(11)16/h4-5,10,12,19-20H,6,17H2,1-3H3,(H,18,21). The molecule has 0 spiro atoms. The summed E-state index contributed by atoms with van der Waals surface area (Å²) in [5, 5.41) is 21.8. The Balaban J connectivity index is 2.70. The first-order valence-electron chi connectivity index (χ1n) is 6.58. The van der Waals surface area contributed by atoms with Gasteiger partial charge in [0.2, 0.25) is 0 Å². The van der Waals surface area contributed by atoms with Crippen LogP contribution in [-0.2, 0) is 4.74 Å². The van der Waals surface area contributed by atoms with Crippen LogP contribution in [0, 0.1) is 11.6 Å². The number of alkyl carbamates (subject to hydrolysis) is 1. The average molecular weight is 318 g/mol. The van der Waals surface area contributed by atoms with Gasteiger partial charge in [-0.3, -0.25) is 0 Å². The monoisotopic (exact) mass is 318 g/mol. The summed E-state index contributed by atoms with van der Waals surface area (Å²) in [5.74, 6) is -2.16. The molecule has 0 aliphatic rings. The van der Waals surface area contributed by atoms with Crippen LogP contribution >= 0.6 is 0 Å². The van der Waals surface area contributed by atoms with Gasteiger partial charge in [0.15, 0.2) is 0 Å². The van der Waals surface area contributed by atoms with Crippen LogP contribution in [0.2, 0.25) is 0 Å². The first-order chi connectivity index (χ1) is 10.0. The molecule has 0 aliphatic heterocycles. The second-order valence-corrected chi connectivity index (χ2v) is 5.79. The number of aliphatic hydroxyl groups excluding tert-OH is 2. The van der Waals surface area contributed by atoms with Crippen LogP contribution < -0.4 is 11.1 Å². The van der Waals surface area contributed by atoms with Crippen molar-refractivity contribution in [1.82, 2.24) is 5.32 Å². The van der Waals surface area contributed by atoms with Gasteiger partial charge in [0.05, 0.1) is 5.56 Å². The number of nitrogens with two attached hydrogens (primary N) is 1. The van der Waals surface area contributed by atoms with Crippen molar-refractivity contribution in [1.29, 1.82) is 0 Å². The molecule has 0 saturated heterocycles. The van der Waals surface area contributed by atoms with Crippen molar-refractivity contribution in [3.05, 3.63) is 29.3 Å². The molecule has 1 aromatic rings. The van der Waals surface area contributed by atoms with E-state index in [1.54, 1.807) is 20.8 Å². The number of halogens is 2. The largest absolute Gasteiger partial charge is 0.444 e. The second kappa shape index (κ2) is 6.89. The van der Waals surface area contributed by atoms with Crippen LogP contribution in [0.3, 0.4) is 0 Å². The number of nitrogens with one attached hydrogen (secondary N) is 1. The number of aliphatic hydroxyl groups is 2. The summed E-state index contributed by atoms with van der Waals surface area (Å²) < 4.78 is 32.2. The molecule has 0 fully saturated rings. The lowest BCUT2D eigenvalue weighted by molar-refractivity contribution is 0.00955. The molecular weight excluding hydrogens is 298 g/mol. The normalized spacial score (nSPS) is 14.3. The lowest BCUT2D eigenvalue weighted by atomic mass is 10.0. The third-order valence-electron chi connectivity index (χ3n) is 2.62. The van der Waals surface area contributed by atoms with Crippen LogP contribution in [0.25, 0.3) is 0 Å². The van der Waals surface area contributed by atoms with Gasteiger partial charge in [-0.15, -0.1) is 0 Å². The Bertz CT molecular complexity index is 523. The SMILES string of the molecule is CC(C)(C)OC(=O)NCC(O)C(O)c1c(F)cc(N)cc1F. The Labute approximate surface area is 126 Å². The van der Waals surface area contributed by atoms with Gasteiger partial charge < -0.3 is 26.0 Å². The minimum atomic E-state index is -1.87. The first kappa shape index (κ1) is 18.1. The molecule has 0 aliphatic carbocycles. The fourth-order valence-corrected chi connectivity index (χ4v) is 1.69. The molecule has 5 N–H and O–H groups in total. The number of ether oxygens (including phenoxy) is 1. The zero-order valence-corrected chi connectivity index (χ0v) is 12.6. The van der Waals surface area contributed by atoms with Crippen molar-refractivity contribution in [3.8, 4) is 0 Å². The van der Waals surface area contributed by atoms with Crippen molar-refractivity contribution in [2.75, 3.05) is 12.3 Å². The molecule has 22 heavy (non-hydrogen) atoms. The average Bonchev–Trinajstić information content (AvgIpc) is 2.32. The van der Waals surface area contributed by atoms with Crippen LogP contribution in [0.5, 0.6) is 0 Å². The Morgan fingerprint density at radius 2 is 1.82 bits per heavy atom. The third kappa shape index (κ3) is 5.12. The topological polar surface area (TPSA) is 105 Å². The molecule has 0 aromatic heterocycles. The van der Waals surface area contributed by atoms with E-state index in [0.717, 1.165) is 12.1 Å². The lowest BCUT2D eigenvalue weighted by Gasteiger charge is -2.22. The number of nitrogen functional groups attached to an aromatic ring is 1. The minimum Gasteiger partial charge on any atom is -0.444 e. The van der Waals surface area contributed by atoms with Crippen LogP contribution in [0.4, 0.5) is 19.3 Å². The number of rotatable bonds is 4. The summed E-state index contributed by atoms with van der Waals surface area (Å²) in [6.07, 6.45) is -4.31. The van der Waals surface area contributed by atoms with Gasteiger partial charge in [-0.2, -0.15) is 0 Å². The van der Waals surface area contributed by atoms with E-state index in [1.165, 1.54) is 0 Å². The molecule has 124 valence electrons. The molecular formula is C14H20F2N2O4. The molecule has 6 nitrogen and oxygen atoms in total. The van der Waals surface area contributed by atoms with E-state index in [-0.39, 0.29) is 5.69 Å². The summed E-state index contributed by atoms with van der Waals surface area (Å²) in [4.78, 5) is 11.4. The smallest absolute Gasteiger partial charge is 0.407 e. The van der Waals surface area contributed by atoms with Crippen molar-refractivity contribution in [2.45, 2.75) is 38.6 Å². The molecule has 2 unspecified atom stereocenters. The molecule has 0 saturated carbocycles. The van der Waals surface area contributed by atoms with E-state index < -0.39 is 47.6 Å². The molecule has 2 atom stereocenters.